The molecule has 0 spiro atoms. The van der Waals surface area contributed by atoms with E-state index in [4.69, 9.17) is 9.72 Å². The number of ether oxygens (including phenoxy) is 1. The number of hydrogen-bond donors (Lipinski definition) is 1. The molecule has 1 aromatic carbocycles. The Morgan fingerprint density at radius 3 is 2.96 bits per heavy atom. The third-order valence-electron chi connectivity index (χ3n) is 5.15. The molecule has 0 radical (unpaired) electrons. The SMILES string of the molecule is CCn1ncc(-c2cc(C(=O)NCC3CCCO3)c3ccccc3n2)c1C. The van der Waals surface area contributed by atoms with Gasteiger partial charge < -0.3 is 10.1 Å². The van der Waals surface area contributed by atoms with Crippen LogP contribution in [0.2, 0.25) is 0 Å². The summed E-state index contributed by atoms with van der Waals surface area (Å²) >= 11 is 0. The molecule has 1 amide bonds. The van der Waals surface area contributed by atoms with Crippen LogP contribution in [0.1, 0.15) is 35.8 Å². The topological polar surface area (TPSA) is 69.0 Å². The lowest BCUT2D eigenvalue weighted by atomic mass is 10.0. The average Bonchev–Trinajstić information content (AvgIpc) is 3.34. The fourth-order valence-corrected chi connectivity index (χ4v) is 3.63. The Bertz CT molecular complexity index is 973. The Kier molecular flexibility index (Phi) is 4.90. The zero-order valence-electron chi connectivity index (χ0n) is 15.7. The Morgan fingerprint density at radius 1 is 1.37 bits per heavy atom. The predicted octanol–water partition coefficient (Wildman–Crippen LogP) is 3.34. The number of fused-ring (bicyclic) bond motifs is 1. The minimum Gasteiger partial charge on any atom is -0.376 e. The van der Waals surface area contributed by atoms with Gasteiger partial charge in [-0.3, -0.25) is 9.48 Å². The molecule has 2 aromatic heterocycles. The van der Waals surface area contributed by atoms with E-state index in [1.807, 2.05) is 48.1 Å². The second-order valence-electron chi connectivity index (χ2n) is 6.88. The molecule has 1 aliphatic heterocycles. The van der Waals surface area contributed by atoms with E-state index >= 15 is 0 Å². The van der Waals surface area contributed by atoms with Crippen LogP contribution in [0.4, 0.5) is 0 Å². The minimum absolute atomic E-state index is 0.0918. The molecule has 1 N–H and O–H groups in total. The van der Waals surface area contributed by atoms with Crippen LogP contribution in [-0.4, -0.2) is 39.9 Å². The number of benzene rings is 1. The molecule has 0 bridgehead atoms. The largest absolute Gasteiger partial charge is 0.376 e. The summed E-state index contributed by atoms with van der Waals surface area (Å²) in [7, 11) is 0. The number of aryl methyl sites for hydroxylation is 1. The standard InChI is InChI=1S/C21H24N4O2/c1-3-25-14(2)18(13-23-25)20-11-17(16-8-4-5-9-19(16)24-20)21(26)22-12-15-7-6-10-27-15/h4-5,8-9,11,13,15H,3,6-7,10,12H2,1-2H3,(H,22,26). The van der Waals surface area contributed by atoms with Crippen molar-refractivity contribution in [2.24, 2.45) is 0 Å². The van der Waals surface area contributed by atoms with Gasteiger partial charge in [-0.05, 0) is 38.8 Å². The van der Waals surface area contributed by atoms with Gasteiger partial charge in [0.1, 0.15) is 0 Å². The molecule has 1 aliphatic rings. The zero-order chi connectivity index (χ0) is 18.8. The molecule has 3 aromatic rings. The van der Waals surface area contributed by atoms with E-state index in [-0.39, 0.29) is 12.0 Å². The van der Waals surface area contributed by atoms with Gasteiger partial charge in [-0.1, -0.05) is 18.2 Å². The summed E-state index contributed by atoms with van der Waals surface area (Å²) in [5.74, 6) is -0.0918. The van der Waals surface area contributed by atoms with E-state index in [2.05, 4.69) is 17.3 Å². The van der Waals surface area contributed by atoms with Crippen molar-refractivity contribution in [1.82, 2.24) is 20.1 Å². The van der Waals surface area contributed by atoms with Gasteiger partial charge in [0, 0.05) is 36.3 Å². The highest BCUT2D eigenvalue weighted by Crippen LogP contribution is 2.27. The number of carbonyl (C=O) groups excluding carboxylic acids is 1. The number of nitrogens with zero attached hydrogens (tertiary/aromatic N) is 3. The van der Waals surface area contributed by atoms with Crippen LogP contribution in [-0.2, 0) is 11.3 Å². The predicted molar refractivity (Wildman–Crippen MR) is 105 cm³/mol. The number of aromatic nitrogens is 3. The van der Waals surface area contributed by atoms with Gasteiger partial charge in [0.2, 0.25) is 0 Å². The van der Waals surface area contributed by atoms with Crippen molar-refractivity contribution >= 4 is 16.8 Å². The number of para-hydroxylation sites is 1. The first-order valence-corrected chi connectivity index (χ1v) is 9.49. The van der Waals surface area contributed by atoms with Crippen molar-refractivity contribution < 1.29 is 9.53 Å². The Morgan fingerprint density at radius 2 is 2.22 bits per heavy atom. The lowest BCUT2D eigenvalue weighted by Gasteiger charge is -2.13. The van der Waals surface area contributed by atoms with Crippen LogP contribution < -0.4 is 5.32 Å². The van der Waals surface area contributed by atoms with Gasteiger partial charge in [-0.2, -0.15) is 5.10 Å². The maximum Gasteiger partial charge on any atom is 0.252 e. The van der Waals surface area contributed by atoms with E-state index in [1.54, 1.807) is 0 Å². The van der Waals surface area contributed by atoms with Crippen molar-refractivity contribution in [3.05, 3.63) is 47.8 Å². The van der Waals surface area contributed by atoms with Crippen LogP contribution in [0, 0.1) is 6.92 Å². The van der Waals surface area contributed by atoms with Gasteiger partial charge in [0.15, 0.2) is 0 Å². The van der Waals surface area contributed by atoms with Crippen LogP contribution in [0.3, 0.4) is 0 Å². The second-order valence-corrected chi connectivity index (χ2v) is 6.88. The summed E-state index contributed by atoms with van der Waals surface area (Å²) in [6.45, 7) is 6.21. The number of amides is 1. The highest BCUT2D eigenvalue weighted by molar-refractivity contribution is 6.07. The Hall–Kier alpha value is -2.73. The molecule has 4 rings (SSSR count). The molecule has 3 heterocycles. The Balaban J connectivity index is 1.71. The summed E-state index contributed by atoms with van der Waals surface area (Å²) in [5, 5.41) is 8.30. The summed E-state index contributed by atoms with van der Waals surface area (Å²) in [5.41, 5.74) is 4.22. The number of pyridine rings is 1. The lowest BCUT2D eigenvalue weighted by Crippen LogP contribution is -2.32. The van der Waals surface area contributed by atoms with Gasteiger partial charge >= 0.3 is 0 Å². The number of carbonyl (C=O) groups is 1. The molecule has 1 unspecified atom stereocenters. The molecular weight excluding hydrogens is 340 g/mol. The van der Waals surface area contributed by atoms with Crippen molar-refractivity contribution in [1.29, 1.82) is 0 Å². The van der Waals surface area contributed by atoms with Gasteiger partial charge in [0.05, 0.1) is 29.1 Å². The van der Waals surface area contributed by atoms with E-state index in [1.165, 1.54) is 0 Å². The van der Waals surface area contributed by atoms with Crippen molar-refractivity contribution in [2.45, 2.75) is 39.3 Å². The van der Waals surface area contributed by atoms with Gasteiger partial charge in [-0.25, -0.2) is 4.98 Å². The third kappa shape index (κ3) is 3.45. The number of nitrogens with one attached hydrogen (secondary N) is 1. The first kappa shape index (κ1) is 17.7. The smallest absolute Gasteiger partial charge is 0.252 e. The molecule has 1 fully saturated rings. The van der Waals surface area contributed by atoms with Crippen LogP contribution in [0.25, 0.3) is 22.2 Å². The van der Waals surface area contributed by atoms with Crippen LogP contribution in [0.5, 0.6) is 0 Å². The van der Waals surface area contributed by atoms with E-state index in [9.17, 15) is 4.79 Å². The summed E-state index contributed by atoms with van der Waals surface area (Å²) in [6.07, 6.45) is 4.00. The molecule has 27 heavy (non-hydrogen) atoms. The molecule has 6 nitrogen and oxygen atoms in total. The first-order valence-electron chi connectivity index (χ1n) is 9.49. The number of hydrogen-bond acceptors (Lipinski definition) is 4. The lowest BCUT2D eigenvalue weighted by molar-refractivity contribution is 0.0859. The van der Waals surface area contributed by atoms with Crippen molar-refractivity contribution in [3.8, 4) is 11.3 Å². The van der Waals surface area contributed by atoms with E-state index in [0.29, 0.717) is 12.1 Å². The summed E-state index contributed by atoms with van der Waals surface area (Å²) < 4.78 is 7.55. The molecule has 0 saturated carbocycles. The second kappa shape index (κ2) is 7.48. The Labute approximate surface area is 158 Å². The van der Waals surface area contributed by atoms with Crippen molar-refractivity contribution in [3.63, 3.8) is 0 Å². The summed E-state index contributed by atoms with van der Waals surface area (Å²) in [6, 6.07) is 9.62. The monoisotopic (exact) mass is 364 g/mol. The molecular formula is C21H24N4O2. The molecule has 1 atom stereocenters. The highest BCUT2D eigenvalue weighted by atomic mass is 16.5. The number of rotatable bonds is 5. The third-order valence-corrected chi connectivity index (χ3v) is 5.15. The fourth-order valence-electron chi connectivity index (χ4n) is 3.63. The van der Waals surface area contributed by atoms with Crippen molar-refractivity contribution in [2.75, 3.05) is 13.2 Å². The maximum atomic E-state index is 12.9. The molecule has 1 saturated heterocycles. The molecule has 6 heteroatoms. The zero-order valence-corrected chi connectivity index (χ0v) is 15.7. The highest BCUT2D eigenvalue weighted by Gasteiger charge is 2.19. The quantitative estimate of drug-likeness (QED) is 0.754. The van der Waals surface area contributed by atoms with Crippen LogP contribution >= 0.6 is 0 Å². The first-order chi connectivity index (χ1) is 13.2. The van der Waals surface area contributed by atoms with Crippen LogP contribution in [0.15, 0.2) is 36.5 Å². The van der Waals surface area contributed by atoms with Gasteiger partial charge in [0.25, 0.3) is 5.91 Å². The molecule has 140 valence electrons. The molecule has 0 aliphatic carbocycles. The normalized spacial score (nSPS) is 16.7. The van der Waals surface area contributed by atoms with Gasteiger partial charge in [-0.15, -0.1) is 0 Å². The fraction of sp³-hybridized carbons (Fsp3) is 0.381. The minimum atomic E-state index is -0.0918. The maximum absolute atomic E-state index is 12.9. The van der Waals surface area contributed by atoms with E-state index < -0.39 is 0 Å². The average molecular weight is 364 g/mol. The van der Waals surface area contributed by atoms with E-state index in [0.717, 1.165) is 53.8 Å². The summed E-state index contributed by atoms with van der Waals surface area (Å²) in [4.78, 5) is 17.7.